The normalized spacial score (nSPS) is 23.9. The number of allylic oxidation sites excluding steroid dienone is 4. The Morgan fingerprint density at radius 2 is 1.67 bits per heavy atom. The molecule has 0 radical (unpaired) electrons. The summed E-state index contributed by atoms with van der Waals surface area (Å²) >= 11 is 13.1. The summed E-state index contributed by atoms with van der Waals surface area (Å²) < 4.78 is 17.0. The predicted octanol–water partition coefficient (Wildman–Crippen LogP) is 9.64. The lowest BCUT2D eigenvalue weighted by molar-refractivity contribution is -0.169. The summed E-state index contributed by atoms with van der Waals surface area (Å²) in [5, 5.41) is 0.726. The molecule has 0 aromatic heterocycles. The van der Waals surface area contributed by atoms with Crippen molar-refractivity contribution in [3.05, 3.63) is 57.6 Å². The molecular formula is C34H51ClO5S2. The fourth-order valence-electron chi connectivity index (χ4n) is 6.40. The molecule has 0 N–H and O–H groups in total. The van der Waals surface area contributed by atoms with Gasteiger partial charge in [0.15, 0.2) is 0 Å². The Hall–Kier alpha value is -1.41. The SMILES string of the molecule is CC.CC(=O)OCC1CC(OC(C)=O)CC(c2ccc(Cl)c(C/C(C)=C/C=C(\C)C3CCC4(CCC4)CC3)c2)O1.SS. The van der Waals surface area contributed by atoms with E-state index < -0.39 is 0 Å². The van der Waals surface area contributed by atoms with E-state index in [1.54, 1.807) is 0 Å². The average molecular weight is 639 g/mol. The van der Waals surface area contributed by atoms with Crippen LogP contribution in [-0.4, -0.2) is 30.8 Å². The molecule has 3 unspecified atom stereocenters. The number of esters is 2. The van der Waals surface area contributed by atoms with Crippen molar-refractivity contribution < 1.29 is 23.8 Å². The first kappa shape index (κ1) is 36.8. The van der Waals surface area contributed by atoms with Crippen molar-refractivity contribution in [2.24, 2.45) is 11.3 Å². The maximum atomic E-state index is 11.6. The molecule has 8 heteroatoms. The predicted molar refractivity (Wildman–Crippen MR) is 179 cm³/mol. The van der Waals surface area contributed by atoms with Crippen molar-refractivity contribution in [1.82, 2.24) is 0 Å². The van der Waals surface area contributed by atoms with Gasteiger partial charge in [0, 0.05) is 31.7 Å². The van der Waals surface area contributed by atoms with E-state index in [1.807, 2.05) is 26.0 Å². The molecular weight excluding hydrogens is 588 g/mol. The largest absolute Gasteiger partial charge is 0.463 e. The average Bonchev–Trinajstić information content (AvgIpc) is 2.97. The molecule has 42 heavy (non-hydrogen) atoms. The highest BCUT2D eigenvalue weighted by Crippen LogP contribution is 2.53. The minimum Gasteiger partial charge on any atom is -0.463 e. The molecule has 5 nitrogen and oxygen atoms in total. The zero-order chi connectivity index (χ0) is 31.3. The van der Waals surface area contributed by atoms with Crippen LogP contribution in [0, 0.1) is 11.3 Å². The van der Waals surface area contributed by atoms with Gasteiger partial charge in [0.25, 0.3) is 0 Å². The van der Waals surface area contributed by atoms with Crippen LogP contribution in [-0.2, 0) is 30.2 Å². The Morgan fingerprint density at radius 1 is 1.00 bits per heavy atom. The highest BCUT2D eigenvalue weighted by Gasteiger charge is 2.40. The van der Waals surface area contributed by atoms with E-state index in [4.69, 9.17) is 25.8 Å². The number of halogens is 1. The fraction of sp³-hybridized carbons (Fsp3) is 0.647. The van der Waals surface area contributed by atoms with E-state index in [0.29, 0.717) is 24.2 Å². The Labute approximate surface area is 269 Å². The van der Waals surface area contributed by atoms with Gasteiger partial charge in [0.2, 0.25) is 0 Å². The lowest BCUT2D eigenvalue weighted by Crippen LogP contribution is -2.36. The van der Waals surface area contributed by atoms with Gasteiger partial charge in [-0.3, -0.25) is 9.59 Å². The first-order valence-electron chi connectivity index (χ1n) is 15.4. The van der Waals surface area contributed by atoms with Gasteiger partial charge < -0.3 is 14.2 Å². The molecule has 0 bridgehead atoms. The van der Waals surface area contributed by atoms with Crippen molar-refractivity contribution in [1.29, 1.82) is 0 Å². The molecule has 1 aromatic rings. The highest BCUT2D eigenvalue weighted by molar-refractivity contribution is 8.59. The summed E-state index contributed by atoms with van der Waals surface area (Å²) in [7, 11) is 0. The van der Waals surface area contributed by atoms with E-state index in [0.717, 1.165) is 22.6 Å². The van der Waals surface area contributed by atoms with Gasteiger partial charge in [-0.15, -0.1) is 23.3 Å². The topological polar surface area (TPSA) is 61.8 Å². The number of carbonyl (C=O) groups is 2. The van der Waals surface area contributed by atoms with Gasteiger partial charge in [-0.25, -0.2) is 0 Å². The molecule has 1 heterocycles. The zero-order valence-electron chi connectivity index (χ0n) is 26.3. The third-order valence-electron chi connectivity index (χ3n) is 8.81. The first-order valence-corrected chi connectivity index (χ1v) is 17.4. The summed E-state index contributed by atoms with van der Waals surface area (Å²) in [4.78, 5) is 22.9. The maximum Gasteiger partial charge on any atom is 0.302 e. The second kappa shape index (κ2) is 18.4. The molecule has 4 rings (SSSR count). The number of ether oxygens (including phenoxy) is 3. The number of benzene rings is 1. The van der Waals surface area contributed by atoms with Crippen molar-refractivity contribution in [2.75, 3.05) is 6.61 Å². The summed E-state index contributed by atoms with van der Waals surface area (Å²) in [6.07, 6.45) is 15.2. The van der Waals surface area contributed by atoms with Crippen LogP contribution in [0.2, 0.25) is 5.02 Å². The Morgan fingerprint density at radius 3 is 2.24 bits per heavy atom. The fourth-order valence-corrected chi connectivity index (χ4v) is 6.58. The maximum absolute atomic E-state index is 11.6. The second-order valence-corrected chi connectivity index (χ2v) is 12.2. The van der Waals surface area contributed by atoms with Crippen LogP contribution in [0.3, 0.4) is 0 Å². The van der Waals surface area contributed by atoms with Gasteiger partial charge in [0.1, 0.15) is 12.7 Å². The third-order valence-corrected chi connectivity index (χ3v) is 9.18. The molecule has 0 amide bonds. The zero-order valence-corrected chi connectivity index (χ0v) is 28.8. The first-order chi connectivity index (χ1) is 20.1. The molecule has 1 saturated heterocycles. The van der Waals surface area contributed by atoms with Crippen molar-refractivity contribution in [3.8, 4) is 0 Å². The third kappa shape index (κ3) is 11.3. The summed E-state index contributed by atoms with van der Waals surface area (Å²) in [5.41, 5.74) is 5.48. The van der Waals surface area contributed by atoms with Crippen LogP contribution in [0.25, 0.3) is 0 Å². The van der Waals surface area contributed by atoms with Crippen LogP contribution in [0.4, 0.5) is 0 Å². The van der Waals surface area contributed by atoms with Crippen molar-refractivity contribution in [2.45, 2.75) is 124 Å². The van der Waals surface area contributed by atoms with E-state index >= 15 is 0 Å². The van der Waals surface area contributed by atoms with E-state index in [2.05, 4.69) is 55.4 Å². The number of rotatable bonds is 8. The van der Waals surface area contributed by atoms with Gasteiger partial charge in [-0.05, 0) is 87.3 Å². The van der Waals surface area contributed by atoms with E-state index in [-0.39, 0.29) is 36.9 Å². The van der Waals surface area contributed by atoms with Gasteiger partial charge >= 0.3 is 11.9 Å². The van der Waals surface area contributed by atoms with Crippen LogP contribution in [0.1, 0.15) is 117 Å². The summed E-state index contributed by atoms with van der Waals surface area (Å²) in [5.74, 6) is 0.0372. The molecule has 3 aliphatic rings. The Bertz CT molecular complexity index is 1070. The molecule has 236 valence electrons. The minimum absolute atomic E-state index is 0.138. The Balaban J connectivity index is 0.00000148. The standard InChI is InChI=1S/C32H43ClO5.C2H6.H2S2/c1-21(6-7-22(2)25-10-14-32(15-11-25)12-5-13-32)16-27-17-26(8-9-30(27)33)31-19-28(37-24(4)35)18-29(38-31)20-36-23(3)34;2*1-2/h6-9,17,25,28-29,31H,5,10-16,18-20H2,1-4H3;1-2H3;1-2H/b21-6+,22-7+;;. The van der Waals surface area contributed by atoms with E-state index in [9.17, 15) is 9.59 Å². The minimum atomic E-state index is -0.356. The second-order valence-electron chi connectivity index (χ2n) is 11.8. The molecule has 1 aromatic carbocycles. The van der Waals surface area contributed by atoms with Gasteiger partial charge in [-0.1, -0.05) is 67.3 Å². The quantitative estimate of drug-likeness (QED) is 0.128. The Kier molecular flexibility index (Phi) is 16.1. The number of carbonyl (C=O) groups excluding carboxylic acids is 2. The molecule has 2 saturated carbocycles. The highest BCUT2D eigenvalue weighted by atomic mass is 35.5. The molecule has 3 atom stereocenters. The van der Waals surface area contributed by atoms with Gasteiger partial charge in [0.05, 0.1) is 12.2 Å². The lowest BCUT2D eigenvalue weighted by Gasteiger charge is -2.47. The summed E-state index contributed by atoms with van der Waals surface area (Å²) in [6, 6.07) is 5.98. The molecule has 2 aliphatic carbocycles. The van der Waals surface area contributed by atoms with Crippen LogP contribution in [0.5, 0.6) is 0 Å². The van der Waals surface area contributed by atoms with Gasteiger partial charge in [-0.2, -0.15) is 0 Å². The van der Waals surface area contributed by atoms with E-state index in [1.165, 1.54) is 69.9 Å². The lowest BCUT2D eigenvalue weighted by atomic mass is 9.58. The number of thiol groups is 2. The molecule has 1 aliphatic heterocycles. The van der Waals surface area contributed by atoms with Crippen LogP contribution in [0.15, 0.2) is 41.5 Å². The number of hydrogen-bond acceptors (Lipinski definition) is 7. The van der Waals surface area contributed by atoms with Crippen molar-refractivity contribution in [3.63, 3.8) is 0 Å². The monoisotopic (exact) mass is 638 g/mol. The molecule has 1 spiro atoms. The van der Waals surface area contributed by atoms with Crippen LogP contribution < -0.4 is 0 Å². The number of hydrogen-bond donors (Lipinski definition) is 2. The smallest absolute Gasteiger partial charge is 0.302 e. The molecule has 3 fully saturated rings. The van der Waals surface area contributed by atoms with Crippen molar-refractivity contribution >= 4 is 46.9 Å². The summed E-state index contributed by atoms with van der Waals surface area (Å²) in [6.45, 7) is 11.4. The van der Waals surface area contributed by atoms with Crippen LogP contribution >= 0.6 is 34.9 Å².